The molecule has 4 nitrogen and oxygen atoms in total. The minimum atomic E-state index is 0.0505. The first-order valence-corrected chi connectivity index (χ1v) is 7.66. The second-order valence-electron chi connectivity index (χ2n) is 4.40. The molecule has 0 spiro atoms. The standard InChI is InChI=1S/C15H24BrNO3/c1-17-12-15(13-6-3-4-7-14(13)16)20-9-5-8-19-11-10-18-2/h3-4,6-7,15,17H,5,8-12H2,1-2H3. The second-order valence-corrected chi connectivity index (χ2v) is 5.25. The van der Waals surface area contributed by atoms with Crippen LogP contribution in [0.4, 0.5) is 0 Å². The quantitative estimate of drug-likeness (QED) is 0.626. The summed E-state index contributed by atoms with van der Waals surface area (Å²) in [4.78, 5) is 0. The topological polar surface area (TPSA) is 39.7 Å². The molecule has 1 unspecified atom stereocenters. The van der Waals surface area contributed by atoms with E-state index >= 15 is 0 Å². The summed E-state index contributed by atoms with van der Waals surface area (Å²) in [6, 6.07) is 8.16. The van der Waals surface area contributed by atoms with Crippen molar-refractivity contribution in [3.63, 3.8) is 0 Å². The Labute approximate surface area is 129 Å². The van der Waals surface area contributed by atoms with Crippen molar-refractivity contribution in [3.8, 4) is 0 Å². The lowest BCUT2D eigenvalue weighted by Crippen LogP contribution is -2.21. The van der Waals surface area contributed by atoms with Crippen LogP contribution in [0.15, 0.2) is 28.7 Å². The zero-order valence-corrected chi connectivity index (χ0v) is 13.8. The molecule has 0 saturated heterocycles. The van der Waals surface area contributed by atoms with Gasteiger partial charge in [-0.1, -0.05) is 34.1 Å². The second kappa shape index (κ2) is 11.2. The average molecular weight is 346 g/mol. The Balaban J connectivity index is 2.31. The van der Waals surface area contributed by atoms with Crippen molar-refractivity contribution in [2.24, 2.45) is 0 Å². The molecule has 1 atom stereocenters. The Kier molecular flexibility index (Phi) is 9.87. The molecule has 0 aliphatic heterocycles. The van der Waals surface area contributed by atoms with Gasteiger partial charge >= 0.3 is 0 Å². The van der Waals surface area contributed by atoms with Gasteiger partial charge in [0.2, 0.25) is 0 Å². The van der Waals surface area contributed by atoms with Crippen molar-refractivity contribution in [2.45, 2.75) is 12.5 Å². The highest BCUT2D eigenvalue weighted by molar-refractivity contribution is 9.10. The number of rotatable bonds is 11. The zero-order chi connectivity index (χ0) is 14.6. The minimum Gasteiger partial charge on any atom is -0.382 e. The minimum absolute atomic E-state index is 0.0505. The monoisotopic (exact) mass is 345 g/mol. The molecule has 0 aliphatic rings. The van der Waals surface area contributed by atoms with Crippen molar-refractivity contribution in [2.75, 3.05) is 47.1 Å². The van der Waals surface area contributed by atoms with Crippen LogP contribution in [0.5, 0.6) is 0 Å². The van der Waals surface area contributed by atoms with Gasteiger partial charge in [0.05, 0.1) is 19.3 Å². The van der Waals surface area contributed by atoms with Crippen LogP contribution >= 0.6 is 15.9 Å². The van der Waals surface area contributed by atoms with E-state index in [9.17, 15) is 0 Å². The molecule has 0 heterocycles. The van der Waals surface area contributed by atoms with Crippen LogP contribution in [-0.2, 0) is 14.2 Å². The molecule has 1 N–H and O–H groups in total. The van der Waals surface area contributed by atoms with Gasteiger partial charge in [0.25, 0.3) is 0 Å². The highest BCUT2D eigenvalue weighted by Gasteiger charge is 2.13. The van der Waals surface area contributed by atoms with Crippen LogP contribution in [0.2, 0.25) is 0 Å². The summed E-state index contributed by atoms with van der Waals surface area (Å²) < 4.78 is 17.4. The molecular formula is C15H24BrNO3. The first-order valence-electron chi connectivity index (χ1n) is 6.87. The summed E-state index contributed by atoms with van der Waals surface area (Å²) in [6.45, 7) is 3.44. The van der Waals surface area contributed by atoms with Gasteiger partial charge in [-0.3, -0.25) is 0 Å². The van der Waals surface area contributed by atoms with Crippen LogP contribution in [0.25, 0.3) is 0 Å². The van der Waals surface area contributed by atoms with E-state index in [4.69, 9.17) is 14.2 Å². The number of ether oxygens (including phenoxy) is 3. The van der Waals surface area contributed by atoms with E-state index < -0.39 is 0 Å². The summed E-state index contributed by atoms with van der Waals surface area (Å²) in [5.74, 6) is 0. The zero-order valence-electron chi connectivity index (χ0n) is 12.2. The summed E-state index contributed by atoms with van der Waals surface area (Å²) in [5, 5.41) is 3.17. The molecule has 0 radical (unpaired) electrons. The molecule has 5 heteroatoms. The van der Waals surface area contributed by atoms with Gasteiger partial charge < -0.3 is 19.5 Å². The van der Waals surface area contributed by atoms with Gasteiger partial charge in [0.1, 0.15) is 0 Å². The van der Waals surface area contributed by atoms with Crippen LogP contribution in [0, 0.1) is 0 Å². The van der Waals surface area contributed by atoms with E-state index in [1.54, 1.807) is 7.11 Å². The van der Waals surface area contributed by atoms with Gasteiger partial charge in [-0.2, -0.15) is 0 Å². The SMILES string of the molecule is CNCC(OCCCOCCOC)c1ccccc1Br. The number of hydrogen-bond acceptors (Lipinski definition) is 4. The maximum absolute atomic E-state index is 5.95. The molecule has 0 saturated carbocycles. The average Bonchev–Trinajstić information content (AvgIpc) is 2.46. The summed E-state index contributed by atoms with van der Waals surface area (Å²) in [7, 11) is 3.60. The fourth-order valence-electron chi connectivity index (χ4n) is 1.81. The van der Waals surface area contributed by atoms with Gasteiger partial charge in [0, 0.05) is 31.3 Å². The molecule has 0 fully saturated rings. The first-order chi connectivity index (χ1) is 9.79. The number of hydrogen-bond donors (Lipinski definition) is 1. The normalized spacial score (nSPS) is 12.6. The fraction of sp³-hybridized carbons (Fsp3) is 0.600. The van der Waals surface area contributed by atoms with E-state index in [0.29, 0.717) is 26.4 Å². The van der Waals surface area contributed by atoms with E-state index in [-0.39, 0.29) is 6.10 Å². The van der Waals surface area contributed by atoms with Gasteiger partial charge in [-0.05, 0) is 25.1 Å². The lowest BCUT2D eigenvalue weighted by atomic mass is 10.1. The Morgan fingerprint density at radius 2 is 1.95 bits per heavy atom. The molecule has 0 bridgehead atoms. The third-order valence-corrected chi connectivity index (χ3v) is 3.55. The van der Waals surface area contributed by atoms with E-state index in [1.165, 1.54) is 5.56 Å². The van der Waals surface area contributed by atoms with Crippen LogP contribution in [0.1, 0.15) is 18.1 Å². The summed E-state index contributed by atoms with van der Waals surface area (Å²) >= 11 is 3.57. The summed E-state index contributed by atoms with van der Waals surface area (Å²) in [5.41, 5.74) is 1.17. The lowest BCUT2D eigenvalue weighted by Gasteiger charge is -2.19. The molecule has 0 amide bonds. The molecule has 0 aliphatic carbocycles. The third-order valence-electron chi connectivity index (χ3n) is 2.83. The number of benzene rings is 1. The first kappa shape index (κ1) is 17.6. The van der Waals surface area contributed by atoms with E-state index in [1.807, 2.05) is 25.2 Å². The van der Waals surface area contributed by atoms with Crippen LogP contribution in [-0.4, -0.2) is 47.1 Å². The van der Waals surface area contributed by atoms with Crippen molar-refractivity contribution in [1.29, 1.82) is 0 Å². The predicted molar refractivity (Wildman–Crippen MR) is 84.1 cm³/mol. The molecule has 0 aromatic heterocycles. The maximum Gasteiger partial charge on any atom is 0.0959 e. The Morgan fingerprint density at radius 1 is 1.15 bits per heavy atom. The number of halogens is 1. The van der Waals surface area contributed by atoms with Crippen molar-refractivity contribution in [3.05, 3.63) is 34.3 Å². The lowest BCUT2D eigenvalue weighted by molar-refractivity contribution is 0.0234. The maximum atomic E-state index is 5.95. The highest BCUT2D eigenvalue weighted by atomic mass is 79.9. The summed E-state index contributed by atoms with van der Waals surface area (Å²) in [6.07, 6.45) is 0.934. The predicted octanol–water partition coefficient (Wildman–Crippen LogP) is 2.78. The van der Waals surface area contributed by atoms with Gasteiger partial charge in [-0.25, -0.2) is 0 Å². The highest BCUT2D eigenvalue weighted by Crippen LogP contribution is 2.25. The van der Waals surface area contributed by atoms with Crippen molar-refractivity contribution >= 4 is 15.9 Å². The molecule has 1 aromatic rings. The molecule has 114 valence electrons. The van der Waals surface area contributed by atoms with Crippen molar-refractivity contribution in [1.82, 2.24) is 5.32 Å². The van der Waals surface area contributed by atoms with Gasteiger partial charge in [0.15, 0.2) is 0 Å². The number of likely N-dealkylation sites (N-methyl/N-ethyl adjacent to an activating group) is 1. The molecule has 1 aromatic carbocycles. The largest absolute Gasteiger partial charge is 0.382 e. The van der Waals surface area contributed by atoms with Crippen LogP contribution in [0.3, 0.4) is 0 Å². The van der Waals surface area contributed by atoms with E-state index in [2.05, 4.69) is 27.3 Å². The molecular weight excluding hydrogens is 322 g/mol. The Bertz CT molecular complexity index is 363. The smallest absolute Gasteiger partial charge is 0.0959 e. The Hall–Kier alpha value is -0.460. The number of methoxy groups -OCH3 is 1. The van der Waals surface area contributed by atoms with Crippen molar-refractivity contribution < 1.29 is 14.2 Å². The third kappa shape index (κ3) is 6.81. The van der Waals surface area contributed by atoms with Gasteiger partial charge in [-0.15, -0.1) is 0 Å². The molecule has 1 rings (SSSR count). The number of nitrogens with one attached hydrogen (secondary N) is 1. The van der Waals surface area contributed by atoms with E-state index in [0.717, 1.165) is 17.4 Å². The molecule has 20 heavy (non-hydrogen) atoms. The Morgan fingerprint density at radius 3 is 2.65 bits per heavy atom. The van der Waals surface area contributed by atoms with Crippen LogP contribution < -0.4 is 5.32 Å². The fourth-order valence-corrected chi connectivity index (χ4v) is 2.35.